The third-order valence-electron chi connectivity index (χ3n) is 2.99. The fraction of sp³-hybridized carbons (Fsp3) is 0.0769. The molecule has 5 heteroatoms. The largest absolute Gasteiger partial charge is 0.398 e. The van der Waals surface area contributed by atoms with Crippen molar-refractivity contribution in [2.45, 2.75) is 6.10 Å². The van der Waals surface area contributed by atoms with Crippen LogP contribution in [0.3, 0.4) is 0 Å². The second kappa shape index (κ2) is 3.91. The molecule has 0 saturated heterocycles. The molecule has 1 aliphatic rings. The molecule has 92 valence electrons. The summed E-state index contributed by atoms with van der Waals surface area (Å²) >= 11 is 0. The maximum absolute atomic E-state index is 10.9. The number of fused-ring (bicyclic) bond motifs is 3. The zero-order valence-electron chi connectivity index (χ0n) is 9.28. The van der Waals surface area contributed by atoms with Crippen molar-refractivity contribution in [2.24, 2.45) is 0 Å². The number of rotatable bonds is 2. The lowest BCUT2D eigenvalue weighted by Gasteiger charge is -2.11. The maximum atomic E-state index is 10.9. The van der Waals surface area contributed by atoms with Crippen molar-refractivity contribution in [1.82, 2.24) is 0 Å². The minimum atomic E-state index is -4.49. The van der Waals surface area contributed by atoms with E-state index in [0.717, 1.165) is 22.3 Å². The van der Waals surface area contributed by atoms with Crippen LogP contribution in [0.25, 0.3) is 11.1 Å². The van der Waals surface area contributed by atoms with Gasteiger partial charge in [-0.05, 0) is 22.3 Å². The molecule has 2 aromatic rings. The monoisotopic (exact) mass is 262 g/mol. The molecular formula is C13H10O4S. The predicted octanol–water partition coefficient (Wildman–Crippen LogP) is 2.58. The molecule has 0 bridgehead atoms. The standard InChI is InChI=1S/C13H10O4S/c14-18(15,16)17-13-11-7-3-1-5-9(11)10-6-2-4-8-12(10)13/h1-8,13H,(H,14,15,16). The molecule has 2 aromatic carbocycles. The molecule has 0 aliphatic heterocycles. The lowest BCUT2D eigenvalue weighted by Crippen LogP contribution is -2.09. The minimum Gasteiger partial charge on any atom is -0.264 e. The van der Waals surface area contributed by atoms with Gasteiger partial charge in [-0.3, -0.25) is 4.55 Å². The maximum Gasteiger partial charge on any atom is 0.398 e. The van der Waals surface area contributed by atoms with Gasteiger partial charge in [0.15, 0.2) is 0 Å². The third kappa shape index (κ3) is 1.82. The van der Waals surface area contributed by atoms with E-state index in [1.165, 1.54) is 0 Å². The van der Waals surface area contributed by atoms with Gasteiger partial charge in [-0.2, -0.15) is 8.42 Å². The van der Waals surface area contributed by atoms with E-state index in [0.29, 0.717) is 0 Å². The molecule has 0 radical (unpaired) electrons. The van der Waals surface area contributed by atoms with Crippen molar-refractivity contribution in [2.75, 3.05) is 0 Å². The first-order chi connectivity index (χ1) is 8.56. The first-order valence-corrected chi connectivity index (χ1v) is 6.77. The number of benzene rings is 2. The van der Waals surface area contributed by atoms with Gasteiger partial charge in [-0.15, -0.1) is 0 Å². The highest BCUT2D eigenvalue weighted by molar-refractivity contribution is 7.80. The Balaban J connectivity index is 2.21. The van der Waals surface area contributed by atoms with Crippen LogP contribution < -0.4 is 0 Å². The lowest BCUT2D eigenvalue weighted by molar-refractivity contribution is 0.220. The Hall–Kier alpha value is -1.69. The van der Waals surface area contributed by atoms with E-state index in [4.69, 9.17) is 8.74 Å². The predicted molar refractivity (Wildman–Crippen MR) is 66.4 cm³/mol. The fourth-order valence-electron chi connectivity index (χ4n) is 2.33. The number of hydrogen-bond acceptors (Lipinski definition) is 3. The fourth-order valence-corrected chi connectivity index (χ4v) is 2.79. The van der Waals surface area contributed by atoms with E-state index in [1.807, 2.05) is 36.4 Å². The highest BCUT2D eigenvalue weighted by atomic mass is 32.3. The van der Waals surface area contributed by atoms with Crippen LogP contribution in [0.15, 0.2) is 48.5 Å². The van der Waals surface area contributed by atoms with Crippen LogP contribution in [0.1, 0.15) is 17.2 Å². The smallest absolute Gasteiger partial charge is 0.264 e. The molecule has 0 unspecified atom stereocenters. The van der Waals surface area contributed by atoms with Gasteiger partial charge in [0, 0.05) is 0 Å². The molecule has 0 fully saturated rings. The van der Waals surface area contributed by atoms with Crippen LogP contribution in [-0.2, 0) is 14.6 Å². The molecule has 0 heterocycles. The molecular weight excluding hydrogens is 252 g/mol. The zero-order chi connectivity index (χ0) is 12.8. The summed E-state index contributed by atoms with van der Waals surface area (Å²) in [6, 6.07) is 14.8. The quantitative estimate of drug-likeness (QED) is 0.845. The average Bonchev–Trinajstić information content (AvgIpc) is 2.64. The van der Waals surface area contributed by atoms with Gasteiger partial charge in [-0.25, -0.2) is 4.18 Å². The molecule has 1 N–H and O–H groups in total. The topological polar surface area (TPSA) is 63.6 Å². The van der Waals surface area contributed by atoms with E-state index >= 15 is 0 Å². The van der Waals surface area contributed by atoms with Crippen molar-refractivity contribution in [3.05, 3.63) is 59.7 Å². The van der Waals surface area contributed by atoms with Crippen molar-refractivity contribution in [3.63, 3.8) is 0 Å². The van der Waals surface area contributed by atoms with Crippen molar-refractivity contribution < 1.29 is 17.2 Å². The first kappa shape index (κ1) is 11.4. The van der Waals surface area contributed by atoms with Crippen LogP contribution in [-0.4, -0.2) is 13.0 Å². The van der Waals surface area contributed by atoms with Crippen LogP contribution in [0, 0.1) is 0 Å². The van der Waals surface area contributed by atoms with E-state index in [1.54, 1.807) is 12.1 Å². The summed E-state index contributed by atoms with van der Waals surface area (Å²) in [4.78, 5) is 0. The second-order valence-electron chi connectivity index (χ2n) is 4.08. The van der Waals surface area contributed by atoms with Gasteiger partial charge in [0.1, 0.15) is 6.10 Å². The lowest BCUT2D eigenvalue weighted by atomic mass is 10.1. The molecule has 0 amide bonds. The van der Waals surface area contributed by atoms with Gasteiger partial charge >= 0.3 is 10.4 Å². The Morgan fingerprint density at radius 2 is 1.33 bits per heavy atom. The highest BCUT2D eigenvalue weighted by Crippen LogP contribution is 2.45. The summed E-state index contributed by atoms with van der Waals surface area (Å²) in [5.41, 5.74) is 3.36. The van der Waals surface area contributed by atoms with Crippen LogP contribution in [0.4, 0.5) is 0 Å². The average molecular weight is 262 g/mol. The normalized spacial score (nSPS) is 14.3. The zero-order valence-corrected chi connectivity index (χ0v) is 10.1. The highest BCUT2D eigenvalue weighted by Gasteiger charge is 2.31. The Labute approximate surface area is 105 Å². The molecule has 0 spiro atoms. The molecule has 0 saturated carbocycles. The van der Waals surface area contributed by atoms with Crippen molar-refractivity contribution >= 4 is 10.4 Å². The van der Waals surface area contributed by atoms with E-state index in [9.17, 15) is 8.42 Å². The van der Waals surface area contributed by atoms with Crippen LogP contribution >= 0.6 is 0 Å². The van der Waals surface area contributed by atoms with Gasteiger partial charge in [0.05, 0.1) is 0 Å². The Morgan fingerprint density at radius 1 is 0.889 bits per heavy atom. The van der Waals surface area contributed by atoms with Gasteiger partial charge in [0.2, 0.25) is 0 Å². The van der Waals surface area contributed by atoms with Gasteiger partial charge in [-0.1, -0.05) is 48.5 Å². The Kier molecular flexibility index (Phi) is 2.48. The minimum absolute atomic E-state index is 0.747. The van der Waals surface area contributed by atoms with Gasteiger partial charge in [0.25, 0.3) is 0 Å². The number of hydrogen-bond donors (Lipinski definition) is 1. The summed E-state index contributed by atoms with van der Waals surface area (Å²) < 4.78 is 35.5. The third-order valence-corrected chi connectivity index (χ3v) is 3.43. The summed E-state index contributed by atoms with van der Waals surface area (Å²) in [5, 5.41) is 0. The van der Waals surface area contributed by atoms with Crippen molar-refractivity contribution in [1.29, 1.82) is 0 Å². The Bertz CT molecular complexity index is 661. The molecule has 18 heavy (non-hydrogen) atoms. The SMILES string of the molecule is O=S(=O)(O)OC1c2ccccc2-c2ccccc21. The Morgan fingerprint density at radius 3 is 1.78 bits per heavy atom. The van der Waals surface area contributed by atoms with Crippen molar-refractivity contribution in [3.8, 4) is 11.1 Å². The van der Waals surface area contributed by atoms with Crippen LogP contribution in [0.2, 0.25) is 0 Å². The molecule has 4 nitrogen and oxygen atoms in total. The van der Waals surface area contributed by atoms with E-state index in [-0.39, 0.29) is 0 Å². The summed E-state index contributed by atoms with van der Waals surface area (Å²) in [5.74, 6) is 0. The molecule has 0 atom stereocenters. The molecule has 0 aromatic heterocycles. The van der Waals surface area contributed by atoms with Crippen LogP contribution in [0.5, 0.6) is 0 Å². The van der Waals surface area contributed by atoms with Gasteiger partial charge < -0.3 is 0 Å². The summed E-state index contributed by atoms with van der Waals surface area (Å²) in [6.07, 6.45) is -0.771. The van der Waals surface area contributed by atoms with E-state index in [2.05, 4.69) is 0 Å². The molecule has 3 rings (SSSR count). The summed E-state index contributed by atoms with van der Waals surface area (Å²) in [6.45, 7) is 0. The van der Waals surface area contributed by atoms with E-state index < -0.39 is 16.5 Å². The molecule has 1 aliphatic carbocycles. The second-order valence-corrected chi connectivity index (χ2v) is 5.13. The first-order valence-electron chi connectivity index (χ1n) is 5.40. The summed E-state index contributed by atoms with van der Waals surface area (Å²) in [7, 11) is -4.49.